The van der Waals surface area contributed by atoms with Gasteiger partial charge in [0.2, 0.25) is 0 Å². The highest BCUT2D eigenvalue weighted by Crippen LogP contribution is 2.22. The van der Waals surface area contributed by atoms with Crippen LogP contribution in [0.3, 0.4) is 0 Å². The van der Waals surface area contributed by atoms with E-state index in [1.807, 2.05) is 30.7 Å². The number of nitrogens with two attached hydrogens (primary N) is 1. The molecule has 0 aliphatic carbocycles. The van der Waals surface area contributed by atoms with Crippen molar-refractivity contribution in [3.8, 4) is 11.8 Å². The minimum Gasteiger partial charge on any atom is -0.496 e. The number of hydrogen-bond acceptors (Lipinski definition) is 4. The molecule has 21 heavy (non-hydrogen) atoms. The Morgan fingerprint density at radius 1 is 1.38 bits per heavy atom. The van der Waals surface area contributed by atoms with Crippen molar-refractivity contribution in [1.82, 2.24) is 9.78 Å². The molecule has 0 fully saturated rings. The van der Waals surface area contributed by atoms with E-state index in [9.17, 15) is 0 Å². The highest BCUT2D eigenvalue weighted by molar-refractivity contribution is 5.42. The van der Waals surface area contributed by atoms with E-state index in [0.29, 0.717) is 18.7 Å². The first-order chi connectivity index (χ1) is 10.1. The smallest absolute Gasteiger partial charge is 0.124 e. The van der Waals surface area contributed by atoms with Gasteiger partial charge in [-0.2, -0.15) is 10.4 Å². The molecule has 0 amide bonds. The van der Waals surface area contributed by atoms with Crippen LogP contribution in [0.1, 0.15) is 28.1 Å². The van der Waals surface area contributed by atoms with Gasteiger partial charge in [-0.25, -0.2) is 0 Å². The molecular weight excluding hydrogens is 264 g/mol. The van der Waals surface area contributed by atoms with Gasteiger partial charge in [-0.1, -0.05) is 0 Å². The first kappa shape index (κ1) is 15.1. The van der Waals surface area contributed by atoms with Gasteiger partial charge in [0, 0.05) is 11.3 Å². The fourth-order valence-corrected chi connectivity index (χ4v) is 2.53. The molecule has 2 aromatic rings. The summed E-state index contributed by atoms with van der Waals surface area (Å²) in [5, 5.41) is 13.6. The molecule has 5 nitrogen and oxygen atoms in total. The van der Waals surface area contributed by atoms with Crippen molar-refractivity contribution in [2.75, 3.05) is 13.7 Å². The van der Waals surface area contributed by atoms with E-state index in [-0.39, 0.29) is 0 Å². The lowest BCUT2D eigenvalue weighted by Gasteiger charge is -2.10. The molecule has 0 bridgehead atoms. The predicted molar refractivity (Wildman–Crippen MR) is 81.3 cm³/mol. The molecule has 110 valence electrons. The molecule has 2 rings (SSSR count). The third-order valence-electron chi connectivity index (χ3n) is 3.66. The SMILES string of the molecule is COc1ccc(C#N)cc1Cn1nc(C)c(CCN)c1C. The number of ether oxygens (including phenoxy) is 1. The molecule has 0 saturated heterocycles. The van der Waals surface area contributed by atoms with Crippen LogP contribution < -0.4 is 10.5 Å². The van der Waals surface area contributed by atoms with Gasteiger partial charge < -0.3 is 10.5 Å². The van der Waals surface area contributed by atoms with Crippen molar-refractivity contribution in [3.05, 3.63) is 46.3 Å². The number of hydrogen-bond donors (Lipinski definition) is 1. The number of nitrogens with zero attached hydrogens (tertiary/aromatic N) is 3. The summed E-state index contributed by atoms with van der Waals surface area (Å²) in [5.74, 6) is 0.766. The summed E-state index contributed by atoms with van der Waals surface area (Å²) in [7, 11) is 1.63. The second kappa shape index (κ2) is 6.42. The van der Waals surface area contributed by atoms with E-state index < -0.39 is 0 Å². The highest BCUT2D eigenvalue weighted by atomic mass is 16.5. The number of methoxy groups -OCH3 is 1. The van der Waals surface area contributed by atoms with Gasteiger partial charge >= 0.3 is 0 Å². The number of aryl methyl sites for hydroxylation is 1. The normalized spacial score (nSPS) is 10.4. The van der Waals surface area contributed by atoms with E-state index in [4.69, 9.17) is 15.7 Å². The quantitative estimate of drug-likeness (QED) is 0.910. The first-order valence-corrected chi connectivity index (χ1v) is 6.90. The molecular formula is C16H20N4O. The molecule has 0 unspecified atom stereocenters. The molecule has 0 atom stereocenters. The lowest BCUT2D eigenvalue weighted by atomic mass is 10.1. The highest BCUT2D eigenvalue weighted by Gasteiger charge is 2.13. The van der Waals surface area contributed by atoms with Crippen LogP contribution >= 0.6 is 0 Å². The lowest BCUT2D eigenvalue weighted by Crippen LogP contribution is -2.07. The molecule has 1 aromatic heterocycles. The molecule has 5 heteroatoms. The zero-order chi connectivity index (χ0) is 15.4. The third-order valence-corrected chi connectivity index (χ3v) is 3.66. The van der Waals surface area contributed by atoms with Gasteiger partial charge in [-0.15, -0.1) is 0 Å². The van der Waals surface area contributed by atoms with Crippen molar-refractivity contribution in [1.29, 1.82) is 5.26 Å². The van der Waals surface area contributed by atoms with Gasteiger partial charge in [0.15, 0.2) is 0 Å². The fourth-order valence-electron chi connectivity index (χ4n) is 2.53. The zero-order valence-electron chi connectivity index (χ0n) is 12.7. The number of benzene rings is 1. The first-order valence-electron chi connectivity index (χ1n) is 6.90. The van der Waals surface area contributed by atoms with Gasteiger partial charge in [0.25, 0.3) is 0 Å². The Hall–Kier alpha value is -2.32. The molecule has 1 heterocycles. The van der Waals surface area contributed by atoms with Crippen LogP contribution in [0.5, 0.6) is 5.75 Å². The van der Waals surface area contributed by atoms with Crippen LogP contribution in [0.4, 0.5) is 0 Å². The Morgan fingerprint density at radius 3 is 2.76 bits per heavy atom. The number of rotatable bonds is 5. The lowest BCUT2D eigenvalue weighted by molar-refractivity contribution is 0.407. The molecule has 0 saturated carbocycles. The standard InChI is InChI=1S/C16H20N4O/c1-11-15(6-7-17)12(2)20(19-11)10-14-8-13(9-18)4-5-16(14)21-3/h4-5,8H,6-7,10,17H2,1-3H3. The molecule has 0 aliphatic heterocycles. The van der Waals surface area contributed by atoms with E-state index >= 15 is 0 Å². The van der Waals surface area contributed by atoms with Crippen LogP contribution in [0.15, 0.2) is 18.2 Å². The minimum atomic E-state index is 0.579. The van der Waals surface area contributed by atoms with Gasteiger partial charge in [-0.05, 0) is 50.6 Å². The number of aromatic nitrogens is 2. The van der Waals surface area contributed by atoms with Gasteiger partial charge in [-0.3, -0.25) is 4.68 Å². The van der Waals surface area contributed by atoms with Crippen LogP contribution in [0.2, 0.25) is 0 Å². The van der Waals surface area contributed by atoms with Crippen LogP contribution in [0, 0.1) is 25.2 Å². The Kier molecular flexibility index (Phi) is 4.61. The maximum absolute atomic E-state index is 9.04. The van der Waals surface area contributed by atoms with E-state index in [1.54, 1.807) is 13.2 Å². The maximum Gasteiger partial charge on any atom is 0.124 e. The summed E-state index contributed by atoms with van der Waals surface area (Å²) in [6, 6.07) is 7.57. The van der Waals surface area contributed by atoms with Crippen molar-refractivity contribution in [3.63, 3.8) is 0 Å². The van der Waals surface area contributed by atoms with Crippen molar-refractivity contribution >= 4 is 0 Å². The largest absolute Gasteiger partial charge is 0.496 e. The molecule has 2 N–H and O–H groups in total. The summed E-state index contributed by atoms with van der Waals surface area (Å²) in [4.78, 5) is 0. The van der Waals surface area contributed by atoms with Crippen LogP contribution in [-0.2, 0) is 13.0 Å². The summed E-state index contributed by atoms with van der Waals surface area (Å²) >= 11 is 0. The Labute approximate surface area is 124 Å². The summed E-state index contributed by atoms with van der Waals surface area (Å²) in [5.41, 5.74) is 10.5. The summed E-state index contributed by atoms with van der Waals surface area (Å²) in [6.45, 7) is 5.24. The Morgan fingerprint density at radius 2 is 2.14 bits per heavy atom. The predicted octanol–water partition coefficient (Wildman–Crippen LogP) is 1.93. The molecule has 0 aliphatic rings. The summed E-state index contributed by atoms with van der Waals surface area (Å²) < 4.78 is 7.31. The molecule has 1 aromatic carbocycles. The van der Waals surface area contributed by atoms with Crippen molar-refractivity contribution < 1.29 is 4.74 Å². The molecule has 0 radical (unpaired) electrons. The second-order valence-electron chi connectivity index (χ2n) is 4.98. The van der Waals surface area contributed by atoms with E-state index in [1.165, 1.54) is 5.56 Å². The van der Waals surface area contributed by atoms with Crippen molar-refractivity contribution in [2.24, 2.45) is 5.73 Å². The maximum atomic E-state index is 9.04. The Bertz CT molecular complexity index is 682. The van der Waals surface area contributed by atoms with E-state index in [0.717, 1.165) is 29.1 Å². The van der Waals surface area contributed by atoms with Crippen LogP contribution in [0.25, 0.3) is 0 Å². The fraction of sp³-hybridized carbons (Fsp3) is 0.375. The number of nitriles is 1. The van der Waals surface area contributed by atoms with Gasteiger partial charge in [0.1, 0.15) is 5.75 Å². The Balaban J connectivity index is 2.38. The topological polar surface area (TPSA) is 76.9 Å². The van der Waals surface area contributed by atoms with E-state index in [2.05, 4.69) is 11.2 Å². The zero-order valence-corrected chi connectivity index (χ0v) is 12.7. The summed E-state index contributed by atoms with van der Waals surface area (Å²) in [6.07, 6.45) is 0.826. The third kappa shape index (κ3) is 3.06. The van der Waals surface area contributed by atoms with Crippen LogP contribution in [-0.4, -0.2) is 23.4 Å². The van der Waals surface area contributed by atoms with Crippen molar-refractivity contribution in [2.45, 2.75) is 26.8 Å². The average Bonchev–Trinajstić information content (AvgIpc) is 2.75. The monoisotopic (exact) mass is 284 g/mol. The second-order valence-corrected chi connectivity index (χ2v) is 4.98. The molecule has 0 spiro atoms. The minimum absolute atomic E-state index is 0.579. The van der Waals surface area contributed by atoms with Gasteiger partial charge in [0.05, 0.1) is 31.0 Å². The average molecular weight is 284 g/mol.